The SMILES string of the molecule is CC1CC=CC=C1N(c1ccccc1)c1ccc(/C=C/c2ccc(-c3ccc(/C=C/c4ccc(N(c5ccccc5)c5ccccc5)cc4)cc3)cc2)cc1. The molecule has 8 rings (SSSR count). The van der Waals surface area contributed by atoms with Gasteiger partial charge in [-0.15, -0.1) is 0 Å². The van der Waals surface area contributed by atoms with Crippen molar-refractivity contribution >= 4 is 52.7 Å². The van der Waals surface area contributed by atoms with Gasteiger partial charge < -0.3 is 9.80 Å². The first kappa shape index (κ1) is 35.1. The van der Waals surface area contributed by atoms with E-state index in [0.717, 1.165) is 29.0 Å². The Kier molecular flexibility index (Phi) is 10.8. The predicted octanol–water partition coefficient (Wildman–Crippen LogP) is 14.8. The second kappa shape index (κ2) is 16.8. The van der Waals surface area contributed by atoms with Crippen LogP contribution in [0.25, 0.3) is 35.4 Å². The Morgan fingerprint density at radius 3 is 1.09 bits per heavy atom. The highest BCUT2D eigenvalue weighted by molar-refractivity contribution is 5.79. The second-order valence-corrected chi connectivity index (χ2v) is 13.9. The van der Waals surface area contributed by atoms with E-state index in [-0.39, 0.29) is 0 Å². The van der Waals surface area contributed by atoms with Gasteiger partial charge in [0.25, 0.3) is 0 Å². The van der Waals surface area contributed by atoms with Gasteiger partial charge in [-0.05, 0) is 107 Å². The molecule has 7 aromatic rings. The highest BCUT2D eigenvalue weighted by Gasteiger charge is 2.20. The van der Waals surface area contributed by atoms with Crippen LogP contribution in [-0.4, -0.2) is 0 Å². The summed E-state index contributed by atoms with van der Waals surface area (Å²) in [6.45, 7) is 2.30. The van der Waals surface area contributed by atoms with Gasteiger partial charge in [-0.1, -0.05) is 171 Å². The minimum Gasteiger partial charge on any atom is -0.314 e. The predicted molar refractivity (Wildman–Crippen MR) is 237 cm³/mol. The molecule has 0 saturated heterocycles. The molecule has 0 bridgehead atoms. The second-order valence-electron chi connectivity index (χ2n) is 13.9. The monoisotopic (exact) mass is 708 g/mol. The molecular formula is C53H44N2. The molecule has 2 heteroatoms. The van der Waals surface area contributed by atoms with Crippen molar-refractivity contribution in [3.63, 3.8) is 0 Å². The summed E-state index contributed by atoms with van der Waals surface area (Å²) in [6, 6.07) is 66.8. The van der Waals surface area contributed by atoms with E-state index in [1.807, 2.05) is 0 Å². The topological polar surface area (TPSA) is 6.48 Å². The molecule has 1 unspecified atom stereocenters. The minimum absolute atomic E-state index is 0.454. The summed E-state index contributed by atoms with van der Waals surface area (Å²) >= 11 is 0. The maximum absolute atomic E-state index is 2.38. The molecule has 0 aliphatic heterocycles. The standard InChI is InChI=1S/C53H44N2/c1-41-13-11-12-20-53(41)55(50-18-9-4-10-19-50)52-39-31-45(32-40-52)24-22-43-27-35-47(36-28-43)46-33-25-42(26-34-46)21-23-44-29-37-51(38-30-44)54(48-14-5-2-6-15-48)49-16-7-3-8-17-49/h2-12,14-41H,13H2,1H3/b23-21+,24-22+. The quantitative estimate of drug-likeness (QED) is 0.123. The normalized spacial score (nSPS) is 13.9. The fourth-order valence-corrected chi connectivity index (χ4v) is 7.08. The number of allylic oxidation sites excluding steroid dienone is 4. The van der Waals surface area contributed by atoms with Crippen molar-refractivity contribution in [2.24, 2.45) is 5.92 Å². The van der Waals surface area contributed by atoms with Gasteiger partial charge in [0.15, 0.2) is 0 Å². The zero-order valence-corrected chi connectivity index (χ0v) is 31.1. The third-order valence-electron chi connectivity index (χ3n) is 10.1. The van der Waals surface area contributed by atoms with Crippen molar-refractivity contribution in [1.82, 2.24) is 0 Å². The van der Waals surface area contributed by atoms with Crippen LogP contribution in [-0.2, 0) is 0 Å². The van der Waals surface area contributed by atoms with Crippen LogP contribution in [0.1, 0.15) is 35.6 Å². The highest BCUT2D eigenvalue weighted by atomic mass is 15.2. The summed E-state index contributed by atoms with van der Waals surface area (Å²) in [4.78, 5) is 4.66. The van der Waals surface area contributed by atoms with Crippen molar-refractivity contribution in [3.05, 3.63) is 234 Å². The van der Waals surface area contributed by atoms with Gasteiger partial charge in [0.1, 0.15) is 0 Å². The number of hydrogen-bond acceptors (Lipinski definition) is 2. The Morgan fingerprint density at radius 2 is 0.709 bits per heavy atom. The molecular weight excluding hydrogens is 665 g/mol. The van der Waals surface area contributed by atoms with Crippen LogP contribution in [0.4, 0.5) is 28.4 Å². The highest BCUT2D eigenvalue weighted by Crippen LogP contribution is 2.36. The molecule has 0 aromatic heterocycles. The molecule has 266 valence electrons. The molecule has 2 nitrogen and oxygen atoms in total. The maximum atomic E-state index is 2.38. The van der Waals surface area contributed by atoms with Crippen LogP contribution in [0, 0.1) is 5.92 Å². The van der Waals surface area contributed by atoms with Gasteiger partial charge in [0.2, 0.25) is 0 Å². The van der Waals surface area contributed by atoms with E-state index in [4.69, 9.17) is 0 Å². The van der Waals surface area contributed by atoms with E-state index < -0.39 is 0 Å². The summed E-state index contributed by atoms with van der Waals surface area (Å²) in [5.41, 5.74) is 14.2. The third kappa shape index (κ3) is 8.51. The van der Waals surface area contributed by atoms with Gasteiger partial charge in [-0.3, -0.25) is 0 Å². The van der Waals surface area contributed by atoms with E-state index in [2.05, 4.69) is 247 Å². The average molecular weight is 709 g/mol. The summed E-state index contributed by atoms with van der Waals surface area (Å²) in [5, 5.41) is 0. The lowest BCUT2D eigenvalue weighted by molar-refractivity contribution is 0.670. The molecule has 0 amide bonds. The number of anilines is 5. The zero-order valence-electron chi connectivity index (χ0n) is 31.1. The summed E-state index contributed by atoms with van der Waals surface area (Å²) in [6.07, 6.45) is 16.5. The Balaban J connectivity index is 0.904. The smallest absolute Gasteiger partial charge is 0.0462 e. The van der Waals surface area contributed by atoms with Gasteiger partial charge in [0, 0.05) is 40.1 Å². The summed E-state index contributed by atoms with van der Waals surface area (Å²) < 4.78 is 0. The first-order valence-corrected chi connectivity index (χ1v) is 19.1. The van der Waals surface area contributed by atoms with Crippen molar-refractivity contribution in [3.8, 4) is 11.1 Å². The molecule has 0 saturated carbocycles. The lowest BCUT2D eigenvalue weighted by Crippen LogP contribution is -2.22. The van der Waals surface area contributed by atoms with Gasteiger partial charge >= 0.3 is 0 Å². The van der Waals surface area contributed by atoms with E-state index in [1.165, 1.54) is 44.9 Å². The van der Waals surface area contributed by atoms with Crippen LogP contribution < -0.4 is 9.80 Å². The van der Waals surface area contributed by atoms with Crippen LogP contribution >= 0.6 is 0 Å². The van der Waals surface area contributed by atoms with Crippen LogP contribution in [0.2, 0.25) is 0 Å². The minimum atomic E-state index is 0.454. The van der Waals surface area contributed by atoms with Gasteiger partial charge in [-0.2, -0.15) is 0 Å². The molecule has 7 aromatic carbocycles. The van der Waals surface area contributed by atoms with Crippen molar-refractivity contribution < 1.29 is 0 Å². The number of para-hydroxylation sites is 3. The van der Waals surface area contributed by atoms with Crippen molar-refractivity contribution in [1.29, 1.82) is 0 Å². The largest absolute Gasteiger partial charge is 0.314 e. The molecule has 55 heavy (non-hydrogen) atoms. The van der Waals surface area contributed by atoms with E-state index in [1.54, 1.807) is 0 Å². The fourth-order valence-electron chi connectivity index (χ4n) is 7.08. The number of nitrogens with zero attached hydrogens (tertiary/aromatic N) is 2. The fraction of sp³-hybridized carbons (Fsp3) is 0.0566. The molecule has 0 heterocycles. The van der Waals surface area contributed by atoms with E-state index >= 15 is 0 Å². The Morgan fingerprint density at radius 1 is 0.382 bits per heavy atom. The molecule has 1 atom stereocenters. The van der Waals surface area contributed by atoms with E-state index in [0.29, 0.717) is 5.92 Å². The van der Waals surface area contributed by atoms with E-state index in [9.17, 15) is 0 Å². The molecule has 0 spiro atoms. The van der Waals surface area contributed by atoms with Crippen molar-refractivity contribution in [2.45, 2.75) is 13.3 Å². The lowest BCUT2D eigenvalue weighted by Gasteiger charge is -2.32. The molecule has 0 radical (unpaired) electrons. The Bertz CT molecular complexity index is 2370. The van der Waals surface area contributed by atoms with Gasteiger partial charge in [-0.25, -0.2) is 0 Å². The number of rotatable bonds is 11. The summed E-state index contributed by atoms with van der Waals surface area (Å²) in [5.74, 6) is 0.454. The van der Waals surface area contributed by atoms with Crippen molar-refractivity contribution in [2.75, 3.05) is 9.80 Å². The third-order valence-corrected chi connectivity index (χ3v) is 10.1. The number of hydrogen-bond donors (Lipinski definition) is 0. The van der Waals surface area contributed by atoms with Gasteiger partial charge in [0.05, 0.1) is 0 Å². The Labute approximate surface area is 326 Å². The molecule has 0 fully saturated rings. The lowest BCUT2D eigenvalue weighted by atomic mass is 9.96. The average Bonchev–Trinajstić information content (AvgIpc) is 3.25. The number of benzene rings is 7. The van der Waals surface area contributed by atoms with Crippen LogP contribution in [0.5, 0.6) is 0 Å². The molecule has 1 aliphatic carbocycles. The zero-order chi connectivity index (χ0) is 37.2. The first-order chi connectivity index (χ1) is 27.2. The molecule has 1 aliphatic rings. The Hall–Kier alpha value is -6.90. The summed E-state index contributed by atoms with van der Waals surface area (Å²) in [7, 11) is 0. The molecule has 0 N–H and O–H groups in total. The maximum Gasteiger partial charge on any atom is 0.0462 e. The first-order valence-electron chi connectivity index (χ1n) is 19.1. The van der Waals surface area contributed by atoms with Crippen LogP contribution in [0.15, 0.2) is 212 Å². The van der Waals surface area contributed by atoms with Crippen LogP contribution in [0.3, 0.4) is 0 Å².